The van der Waals surface area contributed by atoms with Crippen LogP contribution < -0.4 is 5.32 Å². The van der Waals surface area contributed by atoms with Crippen molar-refractivity contribution >= 4 is 33.3 Å². The number of carbonyl (C=O) groups excluding carboxylic acids is 2. The van der Waals surface area contributed by atoms with Gasteiger partial charge in [0.1, 0.15) is 5.69 Å². The van der Waals surface area contributed by atoms with Gasteiger partial charge in [-0.1, -0.05) is 0 Å². The molecule has 0 saturated carbocycles. The van der Waals surface area contributed by atoms with E-state index in [2.05, 4.69) is 26.3 Å². The van der Waals surface area contributed by atoms with Gasteiger partial charge in [0.25, 0.3) is 5.91 Å². The van der Waals surface area contributed by atoms with Gasteiger partial charge in [-0.15, -0.1) is 0 Å². The van der Waals surface area contributed by atoms with Crippen molar-refractivity contribution < 1.29 is 9.59 Å². The summed E-state index contributed by atoms with van der Waals surface area (Å²) in [5, 5.41) is 6.73. The van der Waals surface area contributed by atoms with E-state index >= 15 is 0 Å². The number of amides is 1. The van der Waals surface area contributed by atoms with Gasteiger partial charge in [-0.2, -0.15) is 5.10 Å². The molecular formula is C13H12BrN3O2. The lowest BCUT2D eigenvalue weighted by atomic mass is 10.1. The summed E-state index contributed by atoms with van der Waals surface area (Å²) in [6.07, 6.45) is 1.56. The second-order valence-corrected chi connectivity index (χ2v) is 4.91. The van der Waals surface area contributed by atoms with Crippen LogP contribution in [-0.4, -0.2) is 21.5 Å². The van der Waals surface area contributed by atoms with Crippen LogP contribution in [0.1, 0.15) is 27.8 Å². The molecule has 1 amide bonds. The number of hydrogen-bond acceptors (Lipinski definition) is 3. The molecule has 2 aromatic rings. The predicted octanol–water partition coefficient (Wildman–Crippen LogP) is 2.64. The molecule has 5 nitrogen and oxygen atoms in total. The van der Waals surface area contributed by atoms with E-state index in [1.165, 1.54) is 11.6 Å². The Kier molecular flexibility index (Phi) is 3.80. The number of nitrogens with zero attached hydrogens (tertiary/aromatic N) is 2. The minimum Gasteiger partial charge on any atom is -0.321 e. The molecular weight excluding hydrogens is 310 g/mol. The minimum atomic E-state index is -0.262. The second-order valence-electron chi connectivity index (χ2n) is 4.05. The highest BCUT2D eigenvalue weighted by Gasteiger charge is 2.15. The number of rotatable bonds is 3. The lowest BCUT2D eigenvalue weighted by Crippen LogP contribution is -2.16. The molecule has 19 heavy (non-hydrogen) atoms. The van der Waals surface area contributed by atoms with Crippen LogP contribution in [0.25, 0.3) is 0 Å². The van der Waals surface area contributed by atoms with E-state index in [-0.39, 0.29) is 11.7 Å². The van der Waals surface area contributed by atoms with E-state index < -0.39 is 0 Å². The molecule has 0 atom stereocenters. The van der Waals surface area contributed by atoms with Crippen molar-refractivity contribution in [3.8, 4) is 0 Å². The van der Waals surface area contributed by atoms with E-state index in [4.69, 9.17) is 0 Å². The van der Waals surface area contributed by atoms with Crippen LogP contribution >= 0.6 is 15.9 Å². The molecule has 1 aromatic carbocycles. The zero-order valence-electron chi connectivity index (χ0n) is 10.5. The Bertz CT molecular complexity index is 612. The first-order valence-corrected chi connectivity index (χ1v) is 6.38. The average Bonchev–Trinajstić information content (AvgIpc) is 2.69. The number of aryl methyl sites for hydroxylation is 1. The Morgan fingerprint density at radius 3 is 2.37 bits per heavy atom. The van der Waals surface area contributed by atoms with Crippen molar-refractivity contribution in [1.29, 1.82) is 0 Å². The van der Waals surface area contributed by atoms with E-state index in [9.17, 15) is 9.59 Å². The summed E-state index contributed by atoms with van der Waals surface area (Å²) < 4.78 is 2.12. The number of halogens is 1. The fourth-order valence-corrected chi connectivity index (χ4v) is 2.17. The number of nitrogens with one attached hydrogen (secondary N) is 1. The van der Waals surface area contributed by atoms with Crippen LogP contribution in [0.2, 0.25) is 0 Å². The van der Waals surface area contributed by atoms with Crippen LogP contribution in [0.3, 0.4) is 0 Å². The Labute approximate surface area is 118 Å². The first-order valence-electron chi connectivity index (χ1n) is 5.59. The molecule has 0 saturated heterocycles. The van der Waals surface area contributed by atoms with Crippen LogP contribution in [0.4, 0.5) is 5.69 Å². The summed E-state index contributed by atoms with van der Waals surface area (Å²) in [6, 6.07) is 6.74. The lowest BCUT2D eigenvalue weighted by molar-refractivity contribution is 0.101. The first-order chi connectivity index (χ1) is 8.99. The third-order valence-corrected chi connectivity index (χ3v) is 3.24. The van der Waals surface area contributed by atoms with Crippen molar-refractivity contribution in [2.24, 2.45) is 7.05 Å². The Morgan fingerprint density at radius 1 is 1.26 bits per heavy atom. The summed E-state index contributed by atoms with van der Waals surface area (Å²) >= 11 is 3.27. The number of anilines is 1. The fourth-order valence-electron chi connectivity index (χ4n) is 1.64. The summed E-state index contributed by atoms with van der Waals surface area (Å²) in [5.41, 5.74) is 1.68. The van der Waals surface area contributed by atoms with Crippen LogP contribution in [-0.2, 0) is 7.05 Å². The van der Waals surface area contributed by atoms with Crippen molar-refractivity contribution in [3.05, 3.63) is 46.2 Å². The van der Waals surface area contributed by atoms with Gasteiger partial charge in [-0.05, 0) is 47.1 Å². The number of benzene rings is 1. The highest BCUT2D eigenvalue weighted by Crippen LogP contribution is 2.17. The standard InChI is InChI=1S/C13H12BrN3O2/c1-8(18)9-3-5-10(6-4-9)16-13(19)12-11(14)7-15-17(12)2/h3-7H,1-2H3,(H,16,19). The van der Waals surface area contributed by atoms with Crippen molar-refractivity contribution in [2.45, 2.75) is 6.92 Å². The normalized spacial score (nSPS) is 10.3. The predicted molar refractivity (Wildman–Crippen MR) is 75.3 cm³/mol. The van der Waals surface area contributed by atoms with Crippen molar-refractivity contribution in [1.82, 2.24) is 9.78 Å². The second kappa shape index (κ2) is 5.36. The minimum absolute atomic E-state index is 0.00717. The molecule has 2 rings (SSSR count). The molecule has 1 aromatic heterocycles. The van der Waals surface area contributed by atoms with Gasteiger partial charge in [-0.25, -0.2) is 0 Å². The zero-order valence-corrected chi connectivity index (χ0v) is 12.1. The molecule has 0 unspecified atom stereocenters. The maximum atomic E-state index is 12.1. The summed E-state index contributed by atoms with van der Waals surface area (Å²) in [7, 11) is 1.69. The Hall–Kier alpha value is -1.95. The van der Waals surface area contributed by atoms with Gasteiger partial charge in [0.2, 0.25) is 0 Å². The molecule has 0 fully saturated rings. The highest BCUT2D eigenvalue weighted by atomic mass is 79.9. The van der Waals surface area contributed by atoms with Crippen LogP contribution in [0.5, 0.6) is 0 Å². The van der Waals surface area contributed by atoms with Gasteiger partial charge in [0.15, 0.2) is 5.78 Å². The number of ketones is 1. The molecule has 6 heteroatoms. The van der Waals surface area contributed by atoms with Crippen molar-refractivity contribution in [2.75, 3.05) is 5.32 Å². The molecule has 0 bridgehead atoms. The monoisotopic (exact) mass is 321 g/mol. The molecule has 0 aliphatic rings. The maximum absolute atomic E-state index is 12.1. The summed E-state index contributed by atoms with van der Waals surface area (Å²) in [6.45, 7) is 1.50. The number of Topliss-reactive ketones (excluding diaryl/α,β-unsaturated/α-hetero) is 1. The first kappa shape index (κ1) is 13.5. The molecule has 0 aliphatic carbocycles. The number of aromatic nitrogens is 2. The molecule has 98 valence electrons. The van der Waals surface area contributed by atoms with E-state index in [0.29, 0.717) is 21.4 Å². The topological polar surface area (TPSA) is 64.0 Å². The molecule has 1 N–H and O–H groups in total. The highest BCUT2D eigenvalue weighted by molar-refractivity contribution is 9.10. The van der Waals surface area contributed by atoms with Crippen LogP contribution in [0, 0.1) is 0 Å². The third-order valence-electron chi connectivity index (χ3n) is 2.66. The smallest absolute Gasteiger partial charge is 0.275 e. The zero-order chi connectivity index (χ0) is 14.0. The van der Waals surface area contributed by atoms with Gasteiger partial charge >= 0.3 is 0 Å². The molecule has 0 radical (unpaired) electrons. The van der Waals surface area contributed by atoms with E-state index in [1.807, 2.05) is 0 Å². The van der Waals surface area contributed by atoms with Gasteiger partial charge in [0.05, 0.1) is 10.7 Å². The quantitative estimate of drug-likeness (QED) is 0.884. The molecule has 0 aliphatic heterocycles. The SMILES string of the molecule is CC(=O)c1ccc(NC(=O)c2c(Br)cnn2C)cc1. The molecule has 0 spiro atoms. The summed E-state index contributed by atoms with van der Waals surface area (Å²) in [4.78, 5) is 23.2. The largest absolute Gasteiger partial charge is 0.321 e. The van der Waals surface area contributed by atoms with Crippen LogP contribution in [0.15, 0.2) is 34.9 Å². The lowest BCUT2D eigenvalue weighted by Gasteiger charge is -2.06. The summed E-state index contributed by atoms with van der Waals surface area (Å²) in [5.74, 6) is -0.269. The van der Waals surface area contributed by atoms with Gasteiger partial charge in [0, 0.05) is 18.3 Å². The third kappa shape index (κ3) is 2.90. The average molecular weight is 322 g/mol. The van der Waals surface area contributed by atoms with Gasteiger partial charge < -0.3 is 5.32 Å². The molecule has 1 heterocycles. The van der Waals surface area contributed by atoms with Gasteiger partial charge in [-0.3, -0.25) is 14.3 Å². The maximum Gasteiger partial charge on any atom is 0.275 e. The fraction of sp³-hybridized carbons (Fsp3) is 0.154. The van der Waals surface area contributed by atoms with E-state index in [1.54, 1.807) is 37.5 Å². The van der Waals surface area contributed by atoms with Crippen molar-refractivity contribution in [3.63, 3.8) is 0 Å². The number of carbonyl (C=O) groups is 2. The van der Waals surface area contributed by atoms with E-state index in [0.717, 1.165) is 0 Å². The Balaban J connectivity index is 2.17. The Morgan fingerprint density at radius 2 is 1.89 bits per heavy atom. The number of hydrogen-bond donors (Lipinski definition) is 1.